The number of nitrogens with zero attached hydrogens (tertiary/aromatic N) is 2. The van der Waals surface area contributed by atoms with Gasteiger partial charge in [0, 0.05) is 38.0 Å². The average Bonchev–Trinajstić information content (AvgIpc) is 2.82. The minimum atomic E-state index is -0.361. The largest absolute Gasteiger partial charge is 0.396 e. The van der Waals surface area contributed by atoms with Crippen LogP contribution in [0.1, 0.15) is 12.8 Å². The summed E-state index contributed by atoms with van der Waals surface area (Å²) in [6.45, 7) is 3.86. The molecule has 2 rings (SSSR count). The van der Waals surface area contributed by atoms with E-state index in [1.165, 1.54) is 0 Å². The number of aromatic nitrogens is 1. The molecule has 2 N–H and O–H groups in total. The fraction of sp³-hybridized carbons (Fsp3) is 0.692. The summed E-state index contributed by atoms with van der Waals surface area (Å²) in [7, 11) is 0. The van der Waals surface area contributed by atoms with Crippen molar-refractivity contribution in [1.82, 2.24) is 9.47 Å². The lowest BCUT2D eigenvalue weighted by Gasteiger charge is -2.35. The molecule has 1 aromatic heterocycles. The van der Waals surface area contributed by atoms with Gasteiger partial charge in [0.15, 0.2) is 0 Å². The van der Waals surface area contributed by atoms with E-state index in [9.17, 15) is 5.11 Å². The molecule has 1 aromatic rings. The van der Waals surface area contributed by atoms with Gasteiger partial charge in [-0.15, -0.1) is 0 Å². The summed E-state index contributed by atoms with van der Waals surface area (Å²) in [6.07, 6.45) is 5.80. The highest BCUT2D eigenvalue weighted by atomic mass is 16.3. The summed E-state index contributed by atoms with van der Waals surface area (Å²) < 4.78 is 2.18. The molecule has 17 heavy (non-hydrogen) atoms. The molecule has 0 aromatic carbocycles. The van der Waals surface area contributed by atoms with Crippen LogP contribution in [0.4, 0.5) is 0 Å². The number of hydrogen-bond acceptors (Lipinski definition) is 3. The Hall–Kier alpha value is -0.840. The third-order valence-corrected chi connectivity index (χ3v) is 3.60. The first-order valence-corrected chi connectivity index (χ1v) is 6.41. The van der Waals surface area contributed by atoms with Crippen LogP contribution in [-0.4, -0.2) is 52.0 Å². The Balaban J connectivity index is 1.67. The van der Waals surface area contributed by atoms with E-state index in [0.717, 1.165) is 32.5 Å². The van der Waals surface area contributed by atoms with Crippen molar-refractivity contribution < 1.29 is 10.2 Å². The molecule has 4 nitrogen and oxygen atoms in total. The number of piperidine rings is 1. The van der Waals surface area contributed by atoms with Gasteiger partial charge in [-0.25, -0.2) is 0 Å². The molecule has 0 unspecified atom stereocenters. The number of aryl methyl sites for hydroxylation is 1. The van der Waals surface area contributed by atoms with E-state index in [1.807, 2.05) is 12.1 Å². The second-order valence-electron chi connectivity index (χ2n) is 4.87. The number of likely N-dealkylation sites (tertiary alicyclic amines) is 1. The van der Waals surface area contributed by atoms with Crippen molar-refractivity contribution in [1.29, 1.82) is 0 Å². The molecule has 0 radical (unpaired) electrons. The van der Waals surface area contributed by atoms with Crippen LogP contribution in [0.5, 0.6) is 0 Å². The fourth-order valence-corrected chi connectivity index (χ4v) is 2.46. The zero-order chi connectivity index (χ0) is 12.1. The van der Waals surface area contributed by atoms with Crippen molar-refractivity contribution in [2.75, 3.05) is 26.2 Å². The first-order chi connectivity index (χ1) is 8.29. The van der Waals surface area contributed by atoms with Crippen molar-refractivity contribution in [3.05, 3.63) is 24.5 Å². The summed E-state index contributed by atoms with van der Waals surface area (Å²) in [5.41, 5.74) is 0. The second kappa shape index (κ2) is 6.19. The normalized spacial score (nSPS) is 26.2. The van der Waals surface area contributed by atoms with Crippen molar-refractivity contribution in [3.63, 3.8) is 0 Å². The van der Waals surface area contributed by atoms with E-state index >= 15 is 0 Å². The van der Waals surface area contributed by atoms with Gasteiger partial charge in [0.1, 0.15) is 0 Å². The summed E-state index contributed by atoms with van der Waals surface area (Å²) in [5.74, 6) is 0.0794. The van der Waals surface area contributed by atoms with Crippen molar-refractivity contribution in [2.24, 2.45) is 5.92 Å². The predicted molar refractivity (Wildman–Crippen MR) is 66.7 cm³/mol. The molecule has 1 aliphatic heterocycles. The van der Waals surface area contributed by atoms with Crippen LogP contribution in [0.3, 0.4) is 0 Å². The third-order valence-electron chi connectivity index (χ3n) is 3.60. The molecule has 2 heterocycles. The van der Waals surface area contributed by atoms with Crippen molar-refractivity contribution in [3.8, 4) is 0 Å². The van der Waals surface area contributed by atoms with E-state index in [-0.39, 0.29) is 18.6 Å². The van der Waals surface area contributed by atoms with Crippen LogP contribution in [0.15, 0.2) is 24.5 Å². The highest BCUT2D eigenvalue weighted by Gasteiger charge is 2.26. The molecule has 2 atom stereocenters. The SMILES string of the molecule is OC[C@H]1CCN(CCCn2cccc2)C[C@@H]1O. The predicted octanol–water partition coefficient (Wildman–Crippen LogP) is 0.553. The molecule has 0 bridgehead atoms. The summed E-state index contributed by atoms with van der Waals surface area (Å²) in [4.78, 5) is 2.29. The van der Waals surface area contributed by atoms with Gasteiger partial charge in [0.2, 0.25) is 0 Å². The first kappa shape index (κ1) is 12.6. The van der Waals surface area contributed by atoms with Gasteiger partial charge in [-0.2, -0.15) is 0 Å². The molecule has 1 aliphatic rings. The van der Waals surface area contributed by atoms with Gasteiger partial charge < -0.3 is 19.7 Å². The molecule has 96 valence electrons. The maximum absolute atomic E-state index is 9.82. The van der Waals surface area contributed by atoms with E-state index < -0.39 is 0 Å². The quantitative estimate of drug-likeness (QED) is 0.788. The lowest BCUT2D eigenvalue weighted by molar-refractivity contribution is -0.00232. The standard InChI is InChI=1S/C13H22N2O2/c16-11-12-4-9-15(10-13(12)17)8-3-7-14-5-1-2-6-14/h1-2,5-6,12-13,16-17H,3-4,7-11H2/t12-,13+/m1/s1. The fourth-order valence-electron chi connectivity index (χ4n) is 2.46. The number of aliphatic hydroxyl groups excluding tert-OH is 2. The topological polar surface area (TPSA) is 48.6 Å². The lowest BCUT2D eigenvalue weighted by Crippen LogP contribution is -2.45. The van der Waals surface area contributed by atoms with Gasteiger partial charge in [0.05, 0.1) is 6.10 Å². The van der Waals surface area contributed by atoms with Gasteiger partial charge in [-0.05, 0) is 38.1 Å². The van der Waals surface area contributed by atoms with E-state index in [2.05, 4.69) is 21.9 Å². The van der Waals surface area contributed by atoms with Crippen LogP contribution < -0.4 is 0 Å². The highest BCUT2D eigenvalue weighted by Crippen LogP contribution is 2.17. The van der Waals surface area contributed by atoms with Crippen molar-refractivity contribution >= 4 is 0 Å². The monoisotopic (exact) mass is 238 g/mol. The van der Waals surface area contributed by atoms with Crippen LogP contribution in [-0.2, 0) is 6.54 Å². The molecular formula is C13H22N2O2. The zero-order valence-electron chi connectivity index (χ0n) is 10.2. The molecule has 0 amide bonds. The van der Waals surface area contributed by atoms with Gasteiger partial charge >= 0.3 is 0 Å². The van der Waals surface area contributed by atoms with E-state index in [0.29, 0.717) is 6.54 Å². The maximum atomic E-state index is 9.82. The Morgan fingerprint density at radius 2 is 1.94 bits per heavy atom. The van der Waals surface area contributed by atoms with Crippen molar-refractivity contribution in [2.45, 2.75) is 25.5 Å². The van der Waals surface area contributed by atoms with Crippen LogP contribution >= 0.6 is 0 Å². The smallest absolute Gasteiger partial charge is 0.0717 e. The summed E-state index contributed by atoms with van der Waals surface area (Å²) in [5, 5.41) is 18.9. The number of rotatable bonds is 5. The maximum Gasteiger partial charge on any atom is 0.0717 e. The zero-order valence-corrected chi connectivity index (χ0v) is 10.2. The molecule has 0 saturated carbocycles. The summed E-state index contributed by atoms with van der Waals surface area (Å²) >= 11 is 0. The molecule has 0 spiro atoms. The molecule has 1 fully saturated rings. The summed E-state index contributed by atoms with van der Waals surface area (Å²) in [6, 6.07) is 4.08. The Labute approximate surface area is 102 Å². The Morgan fingerprint density at radius 1 is 1.18 bits per heavy atom. The molecule has 4 heteroatoms. The molecule has 0 aliphatic carbocycles. The lowest BCUT2D eigenvalue weighted by atomic mass is 9.95. The van der Waals surface area contributed by atoms with Gasteiger partial charge in [-0.3, -0.25) is 0 Å². The molecule has 1 saturated heterocycles. The number of aliphatic hydroxyl groups is 2. The minimum absolute atomic E-state index is 0.0794. The Kier molecular flexibility index (Phi) is 4.59. The first-order valence-electron chi connectivity index (χ1n) is 6.41. The van der Waals surface area contributed by atoms with Gasteiger partial charge in [0.25, 0.3) is 0 Å². The minimum Gasteiger partial charge on any atom is -0.396 e. The van der Waals surface area contributed by atoms with Crippen LogP contribution in [0, 0.1) is 5.92 Å². The Morgan fingerprint density at radius 3 is 2.59 bits per heavy atom. The van der Waals surface area contributed by atoms with Crippen LogP contribution in [0.25, 0.3) is 0 Å². The average molecular weight is 238 g/mol. The Bertz CT molecular complexity index is 313. The van der Waals surface area contributed by atoms with Gasteiger partial charge in [-0.1, -0.05) is 0 Å². The van der Waals surface area contributed by atoms with E-state index in [4.69, 9.17) is 5.11 Å². The third kappa shape index (κ3) is 3.56. The van der Waals surface area contributed by atoms with E-state index in [1.54, 1.807) is 0 Å². The van der Waals surface area contributed by atoms with Crippen LogP contribution in [0.2, 0.25) is 0 Å². The highest BCUT2D eigenvalue weighted by molar-refractivity contribution is 4.90. The number of β-amino-alcohol motifs (C(OH)–C–C–N with tert-alkyl or cyclic N) is 1. The molecular weight excluding hydrogens is 216 g/mol. The number of hydrogen-bond donors (Lipinski definition) is 2. The second-order valence-corrected chi connectivity index (χ2v) is 4.87.